The molecule has 1 heteroatoms. The molecule has 0 atom stereocenters. The molecule has 0 fully saturated rings. The molecule has 0 heterocycles. The van der Waals surface area contributed by atoms with Crippen molar-refractivity contribution in [3.05, 3.63) is 0 Å². The van der Waals surface area contributed by atoms with Crippen molar-refractivity contribution in [3.8, 4) is 0 Å². The van der Waals surface area contributed by atoms with Gasteiger partial charge in [0.15, 0.2) is 0 Å². The molecule has 0 unspecified atom stereocenters. The lowest BCUT2D eigenvalue weighted by Gasteiger charge is -2.54. The van der Waals surface area contributed by atoms with Crippen LogP contribution in [0.15, 0.2) is 0 Å². The Bertz CT molecular complexity index is 208. The standard InChI is InChI=1S/C18H39P/c1-10-13-16(4,5)19(17(6,7)14-11-2)18(8,9)15-12-3/h10-15H2,1-9H3. The predicted molar refractivity (Wildman–Crippen MR) is 93.9 cm³/mol. The van der Waals surface area contributed by atoms with Crippen LogP contribution >= 0.6 is 7.92 Å². The Labute approximate surface area is 124 Å². The van der Waals surface area contributed by atoms with E-state index < -0.39 is 0 Å². The molecule has 0 saturated carbocycles. The molecule has 0 bridgehead atoms. The van der Waals surface area contributed by atoms with E-state index in [1.165, 1.54) is 38.5 Å². The SMILES string of the molecule is CCCC(C)(C)P(C(C)(C)CCC)C(C)(C)CCC. The number of rotatable bonds is 9. The minimum atomic E-state index is -0.00810. The smallest absolute Gasteiger partial charge is 0.0142 e. The summed E-state index contributed by atoms with van der Waals surface area (Å²) in [4.78, 5) is 0. The fraction of sp³-hybridized carbons (Fsp3) is 1.00. The highest BCUT2D eigenvalue weighted by Crippen LogP contribution is 2.70. The largest absolute Gasteiger partial charge is 0.0893 e. The van der Waals surface area contributed by atoms with Crippen molar-refractivity contribution in [3.63, 3.8) is 0 Å². The van der Waals surface area contributed by atoms with Crippen molar-refractivity contribution in [2.75, 3.05) is 0 Å². The van der Waals surface area contributed by atoms with Crippen LogP contribution in [0.4, 0.5) is 0 Å². The van der Waals surface area contributed by atoms with Gasteiger partial charge in [-0.25, -0.2) is 0 Å². The molecule has 0 radical (unpaired) electrons. The second-order valence-corrected chi connectivity index (χ2v) is 12.3. The highest BCUT2D eigenvalue weighted by Gasteiger charge is 2.46. The molecular weight excluding hydrogens is 247 g/mol. The lowest BCUT2D eigenvalue weighted by atomic mass is 10.1. The van der Waals surface area contributed by atoms with Gasteiger partial charge in [-0.15, -0.1) is 0 Å². The Morgan fingerprint density at radius 1 is 0.526 bits per heavy atom. The minimum Gasteiger partial charge on any atom is -0.0893 e. The van der Waals surface area contributed by atoms with E-state index in [9.17, 15) is 0 Å². The predicted octanol–water partition coefficient (Wildman–Crippen LogP) is 7.20. The monoisotopic (exact) mass is 286 g/mol. The Morgan fingerprint density at radius 2 is 0.737 bits per heavy atom. The maximum Gasteiger partial charge on any atom is -0.0142 e. The summed E-state index contributed by atoms with van der Waals surface area (Å²) in [6, 6.07) is 0. The van der Waals surface area contributed by atoms with Crippen LogP contribution in [0.5, 0.6) is 0 Å². The average molecular weight is 286 g/mol. The zero-order valence-electron chi connectivity index (χ0n) is 15.2. The van der Waals surface area contributed by atoms with Gasteiger partial charge < -0.3 is 0 Å². The van der Waals surface area contributed by atoms with Crippen molar-refractivity contribution in [1.82, 2.24) is 0 Å². The maximum absolute atomic E-state index is 2.54. The van der Waals surface area contributed by atoms with Crippen molar-refractivity contribution in [2.24, 2.45) is 0 Å². The molecule has 0 saturated heterocycles. The number of hydrogen-bond acceptors (Lipinski definition) is 0. The van der Waals surface area contributed by atoms with Crippen molar-refractivity contribution >= 4 is 7.92 Å². The molecule has 0 spiro atoms. The Balaban J connectivity index is 5.49. The van der Waals surface area contributed by atoms with Gasteiger partial charge in [-0.1, -0.05) is 89.5 Å². The summed E-state index contributed by atoms with van der Waals surface area (Å²) in [5.41, 5.74) is 0. The van der Waals surface area contributed by atoms with Crippen LogP contribution in [0.25, 0.3) is 0 Å². The highest BCUT2D eigenvalue weighted by molar-refractivity contribution is 7.62. The van der Waals surface area contributed by atoms with Gasteiger partial charge >= 0.3 is 0 Å². The molecule has 0 aromatic rings. The van der Waals surface area contributed by atoms with Crippen molar-refractivity contribution in [2.45, 2.75) is 116 Å². The topological polar surface area (TPSA) is 0 Å². The zero-order valence-corrected chi connectivity index (χ0v) is 16.1. The molecule has 0 aliphatic carbocycles. The van der Waals surface area contributed by atoms with E-state index in [1.54, 1.807) is 0 Å². The van der Waals surface area contributed by atoms with E-state index in [0.29, 0.717) is 15.5 Å². The zero-order chi connectivity index (χ0) is 15.3. The first-order valence-corrected chi connectivity index (χ1v) is 9.69. The molecule has 0 nitrogen and oxygen atoms in total. The van der Waals surface area contributed by atoms with Gasteiger partial charge in [-0.05, 0) is 34.7 Å². The third kappa shape index (κ3) is 5.37. The summed E-state index contributed by atoms with van der Waals surface area (Å²) in [5.74, 6) is 0. The fourth-order valence-corrected chi connectivity index (χ4v) is 10.9. The van der Waals surface area contributed by atoms with Crippen LogP contribution in [0, 0.1) is 0 Å². The highest BCUT2D eigenvalue weighted by atomic mass is 31.1. The van der Waals surface area contributed by atoms with Gasteiger partial charge in [0.2, 0.25) is 0 Å². The van der Waals surface area contributed by atoms with Crippen LogP contribution in [0.1, 0.15) is 101 Å². The normalized spacial score (nSPS) is 14.2. The first kappa shape index (κ1) is 19.4. The van der Waals surface area contributed by atoms with E-state index >= 15 is 0 Å². The van der Waals surface area contributed by atoms with Crippen LogP contribution < -0.4 is 0 Å². The molecule has 0 aromatic heterocycles. The Kier molecular flexibility index (Phi) is 7.61. The molecule has 19 heavy (non-hydrogen) atoms. The van der Waals surface area contributed by atoms with E-state index in [1.807, 2.05) is 0 Å². The van der Waals surface area contributed by atoms with Crippen LogP contribution in [0.2, 0.25) is 0 Å². The molecule has 0 aromatic carbocycles. The van der Waals surface area contributed by atoms with Crippen molar-refractivity contribution in [1.29, 1.82) is 0 Å². The molecular formula is C18H39P. The molecule has 0 N–H and O–H groups in total. The van der Waals surface area contributed by atoms with E-state index in [-0.39, 0.29) is 7.92 Å². The molecule has 0 rings (SSSR count). The first-order valence-electron chi connectivity index (χ1n) is 8.35. The number of hydrogen-bond donors (Lipinski definition) is 0. The third-order valence-electron chi connectivity index (χ3n) is 4.40. The van der Waals surface area contributed by atoms with E-state index in [4.69, 9.17) is 0 Å². The van der Waals surface area contributed by atoms with Crippen molar-refractivity contribution < 1.29 is 0 Å². The van der Waals surface area contributed by atoms with Gasteiger partial charge in [0.1, 0.15) is 0 Å². The summed E-state index contributed by atoms with van der Waals surface area (Å²) in [7, 11) is -0.00810. The average Bonchev–Trinajstić information content (AvgIpc) is 2.14. The second kappa shape index (κ2) is 7.44. The van der Waals surface area contributed by atoms with Gasteiger partial charge in [0.25, 0.3) is 0 Å². The molecule has 0 aliphatic rings. The fourth-order valence-electron chi connectivity index (χ4n) is 4.63. The van der Waals surface area contributed by atoms with Gasteiger partial charge in [-0.2, -0.15) is 0 Å². The van der Waals surface area contributed by atoms with E-state index in [0.717, 1.165) is 0 Å². The Morgan fingerprint density at radius 3 is 0.895 bits per heavy atom. The van der Waals surface area contributed by atoms with Crippen LogP contribution in [-0.2, 0) is 0 Å². The first-order chi connectivity index (χ1) is 8.55. The maximum atomic E-state index is 2.54. The summed E-state index contributed by atoms with van der Waals surface area (Å²) >= 11 is 0. The van der Waals surface area contributed by atoms with Gasteiger partial charge in [0.05, 0.1) is 0 Å². The minimum absolute atomic E-state index is 0.00810. The second-order valence-electron chi connectivity index (χ2n) is 8.02. The molecule has 116 valence electrons. The van der Waals surface area contributed by atoms with Gasteiger partial charge in [0, 0.05) is 0 Å². The van der Waals surface area contributed by atoms with Gasteiger partial charge in [-0.3, -0.25) is 0 Å². The lowest BCUT2D eigenvalue weighted by molar-refractivity contribution is 0.509. The molecule has 0 amide bonds. The molecule has 0 aliphatic heterocycles. The van der Waals surface area contributed by atoms with E-state index in [2.05, 4.69) is 62.3 Å². The summed E-state index contributed by atoms with van der Waals surface area (Å²) < 4.78 is 0. The third-order valence-corrected chi connectivity index (χ3v) is 8.70. The Hall–Kier alpha value is 0.430. The van der Waals surface area contributed by atoms with Crippen LogP contribution in [-0.4, -0.2) is 15.5 Å². The summed E-state index contributed by atoms with van der Waals surface area (Å²) in [6.45, 7) is 22.3. The quantitative estimate of drug-likeness (QED) is 0.393. The summed E-state index contributed by atoms with van der Waals surface area (Å²) in [6.07, 6.45) is 8.07. The lowest BCUT2D eigenvalue weighted by Crippen LogP contribution is -2.39. The summed E-state index contributed by atoms with van der Waals surface area (Å²) in [5, 5.41) is 1.50. The van der Waals surface area contributed by atoms with Crippen LogP contribution in [0.3, 0.4) is 0 Å².